The minimum absolute atomic E-state index is 0.0554. The van der Waals surface area contributed by atoms with E-state index in [1.165, 1.54) is 4.90 Å². The van der Waals surface area contributed by atoms with Crippen LogP contribution in [0.15, 0.2) is 5.11 Å². The zero-order valence-corrected chi connectivity index (χ0v) is 17.2. The lowest BCUT2D eigenvalue weighted by molar-refractivity contribution is -0.144. The molecule has 8 nitrogen and oxygen atoms in total. The Morgan fingerprint density at radius 2 is 1.85 bits per heavy atom. The predicted octanol–water partition coefficient (Wildman–Crippen LogP) is 3.12. The molecule has 0 aromatic heterocycles. The van der Waals surface area contributed by atoms with Gasteiger partial charge in [0, 0.05) is 32.0 Å². The third-order valence-corrected chi connectivity index (χ3v) is 5.32. The molecule has 1 aliphatic heterocycles. The van der Waals surface area contributed by atoms with E-state index < -0.39 is 12.1 Å². The highest BCUT2D eigenvalue weighted by Gasteiger charge is 2.44. The molecule has 2 fully saturated rings. The highest BCUT2D eigenvalue weighted by atomic mass is 16.5. The Kier molecular flexibility index (Phi) is 7.12. The van der Waals surface area contributed by atoms with Crippen LogP contribution < -0.4 is 0 Å². The molecule has 0 radical (unpaired) electrons. The molecule has 1 saturated carbocycles. The summed E-state index contributed by atoms with van der Waals surface area (Å²) in [6, 6.07) is -1.30. The van der Waals surface area contributed by atoms with Crippen LogP contribution in [0.2, 0.25) is 0 Å². The van der Waals surface area contributed by atoms with Crippen molar-refractivity contribution in [2.75, 3.05) is 20.6 Å². The maximum Gasteiger partial charge on any atom is 0.244 e. The largest absolute Gasteiger partial charge is 0.371 e. The summed E-state index contributed by atoms with van der Waals surface area (Å²) in [4.78, 5) is 32.1. The molecule has 8 heteroatoms. The number of hydrogen-bond acceptors (Lipinski definition) is 4. The molecule has 0 aromatic rings. The number of nitrogens with zero attached hydrogens (tertiary/aromatic N) is 5. The van der Waals surface area contributed by atoms with E-state index in [4.69, 9.17) is 10.3 Å². The van der Waals surface area contributed by atoms with Gasteiger partial charge in [-0.25, -0.2) is 0 Å². The summed E-state index contributed by atoms with van der Waals surface area (Å²) >= 11 is 0. The highest BCUT2D eigenvalue weighted by molar-refractivity contribution is 5.90. The molecule has 1 heterocycles. The van der Waals surface area contributed by atoms with E-state index >= 15 is 0 Å². The summed E-state index contributed by atoms with van der Waals surface area (Å²) in [6.07, 6.45) is 5.28. The van der Waals surface area contributed by atoms with Crippen molar-refractivity contribution in [3.8, 4) is 0 Å². The molecule has 0 unspecified atom stereocenters. The fourth-order valence-electron chi connectivity index (χ4n) is 4.18. The zero-order valence-electron chi connectivity index (χ0n) is 17.2. The predicted molar refractivity (Wildman–Crippen MR) is 103 cm³/mol. The second-order valence-electron chi connectivity index (χ2n) is 8.87. The molecule has 0 aromatic carbocycles. The van der Waals surface area contributed by atoms with Gasteiger partial charge in [-0.05, 0) is 45.1 Å². The Labute approximate surface area is 161 Å². The Morgan fingerprint density at radius 1 is 1.22 bits per heavy atom. The maximum absolute atomic E-state index is 13.3. The molecule has 2 aliphatic rings. The van der Waals surface area contributed by atoms with Crippen LogP contribution in [0.5, 0.6) is 0 Å². The number of hydrogen-bond donors (Lipinski definition) is 0. The lowest BCUT2D eigenvalue weighted by atomic mass is 9.83. The summed E-state index contributed by atoms with van der Waals surface area (Å²) in [6.45, 7) is 6.24. The number of likely N-dealkylation sites (N-methyl/N-ethyl adjacent to an activating group) is 1. The summed E-state index contributed by atoms with van der Waals surface area (Å²) in [5.41, 5.74) is 8.66. The van der Waals surface area contributed by atoms with Gasteiger partial charge in [0.05, 0.1) is 11.7 Å². The Balaban J connectivity index is 2.24. The summed E-state index contributed by atoms with van der Waals surface area (Å²) in [5, 5.41) is 3.85. The van der Waals surface area contributed by atoms with Crippen molar-refractivity contribution in [1.29, 1.82) is 0 Å². The van der Waals surface area contributed by atoms with Crippen LogP contribution in [0.1, 0.15) is 59.3 Å². The molecule has 0 N–H and O–H groups in total. The number of amides is 2. The van der Waals surface area contributed by atoms with Gasteiger partial charge in [-0.3, -0.25) is 9.59 Å². The van der Waals surface area contributed by atoms with Crippen LogP contribution in [0.3, 0.4) is 0 Å². The molecule has 27 heavy (non-hydrogen) atoms. The van der Waals surface area contributed by atoms with Gasteiger partial charge in [0.2, 0.25) is 11.8 Å². The van der Waals surface area contributed by atoms with Crippen molar-refractivity contribution < 1.29 is 14.3 Å². The second kappa shape index (κ2) is 8.93. The van der Waals surface area contributed by atoms with Gasteiger partial charge < -0.3 is 14.5 Å². The molecule has 1 saturated heterocycles. The lowest BCUT2D eigenvalue weighted by Gasteiger charge is -2.32. The molecule has 0 spiro atoms. The van der Waals surface area contributed by atoms with Gasteiger partial charge in [-0.1, -0.05) is 24.4 Å². The van der Waals surface area contributed by atoms with E-state index in [2.05, 4.69) is 10.0 Å². The Morgan fingerprint density at radius 3 is 2.37 bits per heavy atom. The monoisotopic (exact) mass is 379 g/mol. The summed E-state index contributed by atoms with van der Waals surface area (Å²) in [5.74, 6) is -0.300. The lowest BCUT2D eigenvalue weighted by Crippen LogP contribution is -2.50. The second-order valence-corrected chi connectivity index (χ2v) is 8.87. The Hall–Kier alpha value is -1.79. The first-order valence-corrected chi connectivity index (χ1v) is 9.87. The quantitative estimate of drug-likeness (QED) is 0.417. The smallest absolute Gasteiger partial charge is 0.244 e. The number of carbonyl (C=O) groups excluding carboxylic acids is 2. The van der Waals surface area contributed by atoms with Crippen LogP contribution >= 0.6 is 0 Å². The third kappa shape index (κ3) is 5.59. The number of ether oxygens (including phenoxy) is 1. The topological polar surface area (TPSA) is 98.6 Å². The molecule has 3 atom stereocenters. The fourth-order valence-corrected chi connectivity index (χ4v) is 4.18. The van der Waals surface area contributed by atoms with E-state index in [-0.39, 0.29) is 29.4 Å². The molecular weight excluding hydrogens is 346 g/mol. The van der Waals surface area contributed by atoms with Gasteiger partial charge in [-0.15, -0.1) is 0 Å². The first kappa shape index (κ1) is 21.5. The molecule has 2 rings (SSSR count). The van der Waals surface area contributed by atoms with Crippen molar-refractivity contribution in [2.24, 2.45) is 11.0 Å². The number of likely N-dealkylation sites (tertiary alicyclic amines) is 1. The van der Waals surface area contributed by atoms with Crippen molar-refractivity contribution in [3.63, 3.8) is 0 Å². The highest BCUT2D eigenvalue weighted by Crippen LogP contribution is 2.32. The van der Waals surface area contributed by atoms with Crippen molar-refractivity contribution in [2.45, 2.75) is 83.1 Å². The van der Waals surface area contributed by atoms with Crippen LogP contribution in [0, 0.1) is 5.92 Å². The van der Waals surface area contributed by atoms with Gasteiger partial charge >= 0.3 is 0 Å². The summed E-state index contributed by atoms with van der Waals surface area (Å²) in [7, 11) is 3.38. The average Bonchev–Trinajstić information content (AvgIpc) is 3.00. The molecule has 1 aliphatic carbocycles. The van der Waals surface area contributed by atoms with Gasteiger partial charge in [-0.2, -0.15) is 0 Å². The first-order chi connectivity index (χ1) is 12.6. The normalized spacial score (nSPS) is 25.0. The molecule has 0 bridgehead atoms. The summed E-state index contributed by atoms with van der Waals surface area (Å²) < 4.78 is 6.06. The van der Waals surface area contributed by atoms with Crippen LogP contribution in [-0.4, -0.2) is 66.0 Å². The van der Waals surface area contributed by atoms with Crippen molar-refractivity contribution in [1.82, 2.24) is 9.80 Å². The van der Waals surface area contributed by atoms with Gasteiger partial charge in [0.15, 0.2) is 0 Å². The minimum atomic E-state index is -0.735. The number of rotatable bonds is 5. The molecule has 2 amide bonds. The van der Waals surface area contributed by atoms with Crippen LogP contribution in [0.4, 0.5) is 0 Å². The van der Waals surface area contributed by atoms with Crippen LogP contribution in [0.25, 0.3) is 10.4 Å². The van der Waals surface area contributed by atoms with E-state index in [1.54, 1.807) is 19.0 Å². The van der Waals surface area contributed by atoms with Gasteiger partial charge in [0.1, 0.15) is 12.1 Å². The van der Waals surface area contributed by atoms with E-state index in [1.807, 2.05) is 20.8 Å². The Bertz CT molecular complexity index is 589. The van der Waals surface area contributed by atoms with Crippen LogP contribution in [-0.2, 0) is 14.3 Å². The minimum Gasteiger partial charge on any atom is -0.371 e. The maximum atomic E-state index is 13.3. The SMILES string of the molecule is CN(C)C(=O)[C@@H]1C[C@@H](OC(C)(C)C)CN1C(=O)[C@@H](N=[N+]=[N-])C1CCCCC1. The number of carbonyl (C=O) groups is 2. The van der Waals surface area contributed by atoms with Crippen molar-refractivity contribution >= 4 is 11.8 Å². The molecule has 152 valence electrons. The zero-order chi connectivity index (χ0) is 20.2. The van der Waals surface area contributed by atoms with Gasteiger partial charge in [0.25, 0.3) is 0 Å². The third-order valence-electron chi connectivity index (χ3n) is 5.32. The van der Waals surface area contributed by atoms with E-state index in [9.17, 15) is 9.59 Å². The standard InChI is InChI=1S/C19H33N5O3/c1-19(2,3)27-14-11-15(17(25)23(4)5)24(12-14)18(26)16(21-22-20)13-9-7-6-8-10-13/h13-16H,6-12H2,1-5H3/t14-,15+,16+/m1/s1. The fraction of sp³-hybridized carbons (Fsp3) is 0.895. The first-order valence-electron chi connectivity index (χ1n) is 9.87. The number of azide groups is 1. The van der Waals surface area contributed by atoms with Crippen molar-refractivity contribution in [3.05, 3.63) is 10.4 Å². The molecular formula is C19H33N5O3. The van der Waals surface area contributed by atoms with E-state index in [0.717, 1.165) is 32.1 Å². The van der Waals surface area contributed by atoms with E-state index in [0.29, 0.717) is 13.0 Å². The average molecular weight is 380 g/mol.